The van der Waals surface area contributed by atoms with Crippen molar-refractivity contribution in [1.29, 1.82) is 0 Å². The lowest BCUT2D eigenvalue weighted by molar-refractivity contribution is -0.386. The van der Waals surface area contributed by atoms with Gasteiger partial charge in [-0.3, -0.25) is 15.1 Å². The maximum Gasteiger partial charge on any atom is 0.281 e. The molecule has 0 aromatic carbocycles. The largest absolute Gasteiger partial charge is 0.390 e. The molecule has 76 valence electrons. The third-order valence-electron chi connectivity index (χ3n) is 1.56. The maximum absolute atomic E-state index is 12.2. The van der Waals surface area contributed by atoms with Crippen LogP contribution in [-0.2, 0) is 6.61 Å². The summed E-state index contributed by atoms with van der Waals surface area (Å²) in [5.41, 5.74) is -1.48. The SMILES string of the molecule is O=[N+]([O-])c1cc(CO)ncc1C(F)F. The Morgan fingerprint density at radius 1 is 1.64 bits per heavy atom. The van der Waals surface area contributed by atoms with E-state index in [4.69, 9.17) is 5.11 Å². The second-order valence-corrected chi connectivity index (χ2v) is 2.45. The van der Waals surface area contributed by atoms with Crippen molar-refractivity contribution in [2.75, 3.05) is 0 Å². The first-order valence-electron chi connectivity index (χ1n) is 3.58. The van der Waals surface area contributed by atoms with Crippen LogP contribution < -0.4 is 0 Å². The Kier molecular flexibility index (Phi) is 3.03. The molecule has 0 aliphatic rings. The lowest BCUT2D eigenvalue weighted by Crippen LogP contribution is -2.00. The molecule has 7 heteroatoms. The van der Waals surface area contributed by atoms with E-state index in [0.717, 1.165) is 6.07 Å². The lowest BCUT2D eigenvalue weighted by atomic mass is 10.2. The van der Waals surface area contributed by atoms with Crippen LogP contribution in [0.15, 0.2) is 12.3 Å². The fraction of sp³-hybridized carbons (Fsp3) is 0.286. The van der Waals surface area contributed by atoms with Crippen molar-refractivity contribution in [3.8, 4) is 0 Å². The molecule has 0 aliphatic heterocycles. The molecule has 0 fully saturated rings. The Balaban J connectivity index is 3.24. The van der Waals surface area contributed by atoms with Crippen molar-refractivity contribution in [3.05, 3.63) is 33.6 Å². The second kappa shape index (κ2) is 4.05. The number of hydrogen-bond donors (Lipinski definition) is 1. The number of hydrogen-bond acceptors (Lipinski definition) is 4. The quantitative estimate of drug-likeness (QED) is 0.596. The smallest absolute Gasteiger partial charge is 0.281 e. The summed E-state index contributed by atoms with van der Waals surface area (Å²) in [7, 11) is 0. The Morgan fingerprint density at radius 3 is 2.71 bits per heavy atom. The zero-order chi connectivity index (χ0) is 10.7. The van der Waals surface area contributed by atoms with Gasteiger partial charge < -0.3 is 5.11 Å². The molecule has 14 heavy (non-hydrogen) atoms. The first-order chi connectivity index (χ1) is 6.56. The van der Waals surface area contributed by atoms with E-state index in [-0.39, 0.29) is 5.69 Å². The molecule has 0 atom stereocenters. The van der Waals surface area contributed by atoms with Gasteiger partial charge in [0.1, 0.15) is 5.56 Å². The van der Waals surface area contributed by atoms with Crippen molar-refractivity contribution < 1.29 is 18.8 Å². The number of aliphatic hydroxyl groups excluding tert-OH is 1. The van der Waals surface area contributed by atoms with E-state index >= 15 is 0 Å². The van der Waals surface area contributed by atoms with Gasteiger partial charge in [0.15, 0.2) is 0 Å². The number of aromatic nitrogens is 1. The molecule has 0 saturated heterocycles. The minimum atomic E-state index is -2.95. The Labute approximate surface area is 77.2 Å². The molecule has 1 aromatic heterocycles. The number of nitro groups is 1. The summed E-state index contributed by atoms with van der Waals surface area (Å²) in [4.78, 5) is 12.9. The summed E-state index contributed by atoms with van der Waals surface area (Å²) >= 11 is 0. The zero-order valence-corrected chi connectivity index (χ0v) is 6.85. The average molecular weight is 204 g/mol. The third kappa shape index (κ3) is 1.99. The van der Waals surface area contributed by atoms with Gasteiger partial charge in [-0.15, -0.1) is 0 Å². The molecule has 0 bridgehead atoms. The summed E-state index contributed by atoms with van der Waals surface area (Å²) in [6.45, 7) is -0.523. The van der Waals surface area contributed by atoms with E-state index in [1.54, 1.807) is 0 Å². The van der Waals surface area contributed by atoms with Crippen molar-refractivity contribution in [2.45, 2.75) is 13.0 Å². The molecular weight excluding hydrogens is 198 g/mol. The number of alkyl halides is 2. The van der Waals surface area contributed by atoms with Gasteiger partial charge in [0.05, 0.1) is 17.2 Å². The predicted octanol–water partition coefficient (Wildman–Crippen LogP) is 1.42. The van der Waals surface area contributed by atoms with Gasteiger partial charge in [0.2, 0.25) is 0 Å². The van der Waals surface area contributed by atoms with Crippen LogP contribution >= 0.6 is 0 Å². The Bertz CT molecular complexity index is 357. The van der Waals surface area contributed by atoms with Crippen LogP contribution in [0, 0.1) is 10.1 Å². The molecule has 0 saturated carbocycles. The number of aliphatic hydroxyl groups is 1. The Hall–Kier alpha value is -1.63. The molecule has 1 heterocycles. The highest BCUT2D eigenvalue weighted by atomic mass is 19.3. The van der Waals surface area contributed by atoms with Gasteiger partial charge >= 0.3 is 0 Å². The van der Waals surface area contributed by atoms with Crippen LogP contribution in [0.25, 0.3) is 0 Å². The predicted molar refractivity (Wildman–Crippen MR) is 41.8 cm³/mol. The van der Waals surface area contributed by atoms with Gasteiger partial charge in [-0.1, -0.05) is 0 Å². The molecule has 0 radical (unpaired) electrons. The van der Waals surface area contributed by atoms with Crippen LogP contribution in [-0.4, -0.2) is 15.0 Å². The lowest BCUT2D eigenvalue weighted by Gasteiger charge is -2.02. The minimum absolute atomic E-state index is 0.0129. The van der Waals surface area contributed by atoms with Gasteiger partial charge in [-0.25, -0.2) is 8.78 Å². The number of rotatable bonds is 3. The first kappa shape index (κ1) is 10.5. The molecule has 1 rings (SSSR count). The van der Waals surface area contributed by atoms with E-state index in [0.29, 0.717) is 6.20 Å². The normalized spacial score (nSPS) is 10.6. The molecule has 1 aromatic rings. The van der Waals surface area contributed by atoms with Crippen molar-refractivity contribution >= 4 is 5.69 Å². The van der Waals surface area contributed by atoms with Gasteiger partial charge in [0.25, 0.3) is 12.1 Å². The van der Waals surface area contributed by atoms with E-state index in [9.17, 15) is 18.9 Å². The van der Waals surface area contributed by atoms with Crippen LogP contribution in [0.1, 0.15) is 17.7 Å². The number of halogens is 2. The summed E-state index contributed by atoms with van der Waals surface area (Å²) in [6, 6.07) is 0.835. The highest BCUT2D eigenvalue weighted by Gasteiger charge is 2.22. The van der Waals surface area contributed by atoms with Crippen LogP contribution in [0.3, 0.4) is 0 Å². The summed E-state index contributed by atoms with van der Waals surface area (Å²) in [5, 5.41) is 19.0. The van der Waals surface area contributed by atoms with Gasteiger partial charge in [0, 0.05) is 12.3 Å². The molecule has 0 unspecified atom stereocenters. The fourth-order valence-corrected chi connectivity index (χ4v) is 0.910. The summed E-state index contributed by atoms with van der Waals surface area (Å²) in [5.74, 6) is 0. The van der Waals surface area contributed by atoms with E-state index in [1.165, 1.54) is 0 Å². The molecule has 0 spiro atoms. The van der Waals surface area contributed by atoms with Crippen molar-refractivity contribution in [2.24, 2.45) is 0 Å². The van der Waals surface area contributed by atoms with Crippen molar-refractivity contribution in [1.82, 2.24) is 4.98 Å². The monoisotopic (exact) mass is 204 g/mol. The van der Waals surface area contributed by atoms with Crippen LogP contribution in [0.2, 0.25) is 0 Å². The Morgan fingerprint density at radius 2 is 2.29 bits per heavy atom. The third-order valence-corrected chi connectivity index (χ3v) is 1.56. The zero-order valence-electron chi connectivity index (χ0n) is 6.85. The first-order valence-corrected chi connectivity index (χ1v) is 3.58. The van der Waals surface area contributed by atoms with E-state index in [1.807, 2.05) is 0 Å². The van der Waals surface area contributed by atoms with Gasteiger partial charge in [-0.2, -0.15) is 0 Å². The molecule has 0 amide bonds. The molecule has 0 aliphatic carbocycles. The maximum atomic E-state index is 12.2. The number of nitrogens with zero attached hydrogens (tertiary/aromatic N) is 2. The van der Waals surface area contributed by atoms with Crippen molar-refractivity contribution in [3.63, 3.8) is 0 Å². The van der Waals surface area contributed by atoms with Crippen LogP contribution in [0.5, 0.6) is 0 Å². The number of pyridine rings is 1. The summed E-state index contributed by atoms with van der Waals surface area (Å²) in [6.07, 6.45) is -2.25. The standard InChI is InChI=1S/C7H6F2N2O3/c8-7(9)5-2-10-4(3-12)1-6(5)11(13)14/h1-2,7,12H,3H2. The van der Waals surface area contributed by atoms with E-state index in [2.05, 4.69) is 4.98 Å². The van der Waals surface area contributed by atoms with E-state index < -0.39 is 29.2 Å². The fourth-order valence-electron chi connectivity index (χ4n) is 0.910. The topological polar surface area (TPSA) is 76.3 Å². The van der Waals surface area contributed by atoms with Gasteiger partial charge in [-0.05, 0) is 0 Å². The summed E-state index contributed by atoms with van der Waals surface area (Å²) < 4.78 is 24.4. The molecular formula is C7H6F2N2O3. The minimum Gasteiger partial charge on any atom is -0.390 e. The average Bonchev–Trinajstić information content (AvgIpc) is 2.16. The highest BCUT2D eigenvalue weighted by molar-refractivity contribution is 5.40. The molecule has 5 nitrogen and oxygen atoms in total. The van der Waals surface area contributed by atoms with Crippen LogP contribution in [0.4, 0.5) is 14.5 Å². The highest BCUT2D eigenvalue weighted by Crippen LogP contribution is 2.28. The second-order valence-electron chi connectivity index (χ2n) is 2.45. The molecule has 1 N–H and O–H groups in total.